The van der Waals surface area contributed by atoms with E-state index in [0.29, 0.717) is 11.5 Å². The van der Waals surface area contributed by atoms with Gasteiger partial charge in [-0.05, 0) is 17.0 Å². The first-order chi connectivity index (χ1) is 7.80. The van der Waals surface area contributed by atoms with Crippen LogP contribution >= 0.6 is 0 Å². The number of carboxylic acid groups (broad SMARTS) is 1. The molecule has 1 aromatic carbocycles. The summed E-state index contributed by atoms with van der Waals surface area (Å²) < 4.78 is 26.5. The van der Waals surface area contributed by atoms with Gasteiger partial charge in [0, 0.05) is 6.42 Å². The topological polar surface area (TPSA) is 37.3 Å². The van der Waals surface area contributed by atoms with E-state index in [1.54, 1.807) is 24.3 Å². The highest BCUT2D eigenvalue weighted by Gasteiger charge is 2.32. The molecule has 0 bridgehead atoms. The summed E-state index contributed by atoms with van der Waals surface area (Å²) in [5.41, 5.74) is 1.54. The molecule has 1 N–H and O–H groups in total. The summed E-state index contributed by atoms with van der Waals surface area (Å²) in [6, 6.07) is 6.86. The van der Waals surface area contributed by atoms with Gasteiger partial charge in [-0.3, -0.25) is 4.79 Å². The number of alkyl halides is 2. The Morgan fingerprint density at radius 2 is 1.82 bits per heavy atom. The highest BCUT2D eigenvalue weighted by Crippen LogP contribution is 2.25. The minimum atomic E-state index is -3.19. The second-order valence-electron chi connectivity index (χ2n) is 4.50. The van der Waals surface area contributed by atoms with E-state index in [0.717, 1.165) is 5.56 Å². The normalized spacial score (nSPS) is 11.8. The van der Waals surface area contributed by atoms with Crippen LogP contribution in [0.25, 0.3) is 0 Å². The summed E-state index contributed by atoms with van der Waals surface area (Å²) in [4.78, 5) is 10.3. The highest BCUT2D eigenvalue weighted by atomic mass is 19.3. The summed E-state index contributed by atoms with van der Waals surface area (Å²) in [5, 5.41) is 8.36. The van der Waals surface area contributed by atoms with Crippen LogP contribution in [0.15, 0.2) is 24.3 Å². The quantitative estimate of drug-likeness (QED) is 0.858. The van der Waals surface area contributed by atoms with Crippen molar-refractivity contribution in [3.8, 4) is 0 Å². The van der Waals surface area contributed by atoms with E-state index in [-0.39, 0.29) is 0 Å². The van der Waals surface area contributed by atoms with Crippen LogP contribution in [-0.2, 0) is 11.2 Å². The smallest absolute Gasteiger partial charge is 0.309 e. The molecule has 0 aromatic heterocycles. The molecule has 0 aliphatic carbocycles. The fourth-order valence-electron chi connectivity index (χ4n) is 1.60. The minimum Gasteiger partial charge on any atom is -0.481 e. The van der Waals surface area contributed by atoms with Crippen LogP contribution in [0.5, 0.6) is 0 Å². The van der Waals surface area contributed by atoms with Crippen molar-refractivity contribution in [1.82, 2.24) is 0 Å². The number of aliphatic carboxylic acids is 1. The Bertz CT molecular complexity index is 383. The van der Waals surface area contributed by atoms with Gasteiger partial charge >= 0.3 is 5.97 Å². The van der Waals surface area contributed by atoms with E-state index in [4.69, 9.17) is 5.11 Å². The summed E-state index contributed by atoms with van der Waals surface area (Å²) in [6.45, 7) is 4.04. The molecule has 0 heterocycles. The van der Waals surface area contributed by atoms with Crippen molar-refractivity contribution in [2.45, 2.75) is 38.5 Å². The van der Waals surface area contributed by atoms with Crippen molar-refractivity contribution in [3.63, 3.8) is 0 Å². The van der Waals surface area contributed by atoms with Gasteiger partial charge in [-0.15, -0.1) is 0 Å². The second kappa shape index (κ2) is 5.25. The first-order valence-electron chi connectivity index (χ1n) is 5.48. The van der Waals surface area contributed by atoms with Crippen LogP contribution in [0.3, 0.4) is 0 Å². The third kappa shape index (κ3) is 4.51. The summed E-state index contributed by atoms with van der Waals surface area (Å²) >= 11 is 0. The number of benzene rings is 1. The van der Waals surface area contributed by atoms with Gasteiger partial charge in [0.25, 0.3) is 5.92 Å². The molecule has 0 unspecified atom stereocenters. The molecule has 0 saturated heterocycles. The predicted molar refractivity (Wildman–Crippen MR) is 61.4 cm³/mol. The first-order valence-corrected chi connectivity index (χ1v) is 5.48. The van der Waals surface area contributed by atoms with Crippen LogP contribution in [0.1, 0.15) is 37.3 Å². The first kappa shape index (κ1) is 13.6. The zero-order valence-electron chi connectivity index (χ0n) is 9.91. The van der Waals surface area contributed by atoms with Crippen molar-refractivity contribution < 1.29 is 18.7 Å². The molecular weight excluding hydrogens is 226 g/mol. The van der Waals surface area contributed by atoms with E-state index < -0.39 is 24.7 Å². The zero-order valence-corrected chi connectivity index (χ0v) is 9.91. The molecule has 0 atom stereocenters. The van der Waals surface area contributed by atoms with Gasteiger partial charge in [0.1, 0.15) is 6.42 Å². The maximum atomic E-state index is 13.2. The molecule has 94 valence electrons. The lowest BCUT2D eigenvalue weighted by Crippen LogP contribution is -2.23. The number of carbonyl (C=O) groups is 1. The summed E-state index contributed by atoms with van der Waals surface area (Å²) in [7, 11) is 0. The molecule has 4 heteroatoms. The molecular formula is C13H16F2O2. The van der Waals surface area contributed by atoms with Gasteiger partial charge in [-0.1, -0.05) is 38.1 Å². The molecule has 0 amide bonds. The minimum absolute atomic E-state index is 0.351. The number of halogens is 2. The Kier molecular flexibility index (Phi) is 4.21. The maximum absolute atomic E-state index is 13.2. The van der Waals surface area contributed by atoms with Crippen molar-refractivity contribution in [2.24, 2.45) is 0 Å². The Morgan fingerprint density at radius 1 is 1.29 bits per heavy atom. The standard InChI is InChI=1S/C13H16F2O2/c1-9(2)11-5-3-10(4-6-11)7-13(14,15)8-12(16)17/h3-6,9H,7-8H2,1-2H3,(H,16,17). The van der Waals surface area contributed by atoms with E-state index >= 15 is 0 Å². The Balaban J connectivity index is 2.71. The zero-order chi connectivity index (χ0) is 13.1. The largest absolute Gasteiger partial charge is 0.481 e. The van der Waals surface area contributed by atoms with Gasteiger partial charge in [0.2, 0.25) is 0 Å². The number of carboxylic acids is 1. The van der Waals surface area contributed by atoms with Gasteiger partial charge in [0.15, 0.2) is 0 Å². The molecule has 1 aromatic rings. The number of hydrogen-bond donors (Lipinski definition) is 1. The van der Waals surface area contributed by atoms with E-state index in [9.17, 15) is 13.6 Å². The van der Waals surface area contributed by atoms with Crippen molar-refractivity contribution in [1.29, 1.82) is 0 Å². The predicted octanol–water partition coefficient (Wildman–Crippen LogP) is 3.46. The molecule has 0 aliphatic heterocycles. The van der Waals surface area contributed by atoms with Gasteiger partial charge in [0.05, 0.1) is 0 Å². The van der Waals surface area contributed by atoms with Crippen LogP contribution in [0.2, 0.25) is 0 Å². The van der Waals surface area contributed by atoms with Crippen molar-refractivity contribution in [3.05, 3.63) is 35.4 Å². The monoisotopic (exact) mass is 242 g/mol. The van der Waals surface area contributed by atoms with E-state index in [1.807, 2.05) is 13.8 Å². The van der Waals surface area contributed by atoms with Gasteiger partial charge in [-0.2, -0.15) is 0 Å². The Hall–Kier alpha value is -1.45. The van der Waals surface area contributed by atoms with Gasteiger partial charge < -0.3 is 5.11 Å². The van der Waals surface area contributed by atoms with Crippen LogP contribution in [0, 0.1) is 0 Å². The number of rotatable bonds is 5. The average Bonchev–Trinajstić information content (AvgIpc) is 2.15. The number of hydrogen-bond acceptors (Lipinski definition) is 1. The van der Waals surface area contributed by atoms with Crippen LogP contribution in [0.4, 0.5) is 8.78 Å². The fourth-order valence-corrected chi connectivity index (χ4v) is 1.60. The fraction of sp³-hybridized carbons (Fsp3) is 0.462. The lowest BCUT2D eigenvalue weighted by atomic mass is 9.99. The van der Waals surface area contributed by atoms with Crippen molar-refractivity contribution >= 4 is 5.97 Å². The molecule has 0 saturated carbocycles. The lowest BCUT2D eigenvalue weighted by Gasteiger charge is -2.14. The average molecular weight is 242 g/mol. The molecule has 0 spiro atoms. The Morgan fingerprint density at radius 3 is 2.24 bits per heavy atom. The summed E-state index contributed by atoms with van der Waals surface area (Å²) in [5.74, 6) is -4.32. The van der Waals surface area contributed by atoms with Crippen molar-refractivity contribution in [2.75, 3.05) is 0 Å². The van der Waals surface area contributed by atoms with Crippen LogP contribution < -0.4 is 0 Å². The summed E-state index contributed by atoms with van der Waals surface area (Å²) in [6.07, 6.45) is -1.66. The molecule has 0 aliphatic rings. The van der Waals surface area contributed by atoms with E-state index in [1.165, 1.54) is 0 Å². The maximum Gasteiger partial charge on any atom is 0.309 e. The SMILES string of the molecule is CC(C)c1ccc(CC(F)(F)CC(=O)O)cc1. The molecule has 0 fully saturated rings. The Labute approximate surface area is 99.3 Å². The second-order valence-corrected chi connectivity index (χ2v) is 4.50. The van der Waals surface area contributed by atoms with Crippen LogP contribution in [-0.4, -0.2) is 17.0 Å². The highest BCUT2D eigenvalue weighted by molar-refractivity contribution is 5.67. The van der Waals surface area contributed by atoms with E-state index in [2.05, 4.69) is 0 Å². The third-order valence-electron chi connectivity index (χ3n) is 2.52. The third-order valence-corrected chi connectivity index (χ3v) is 2.52. The molecule has 2 nitrogen and oxygen atoms in total. The molecule has 0 radical (unpaired) electrons. The molecule has 17 heavy (non-hydrogen) atoms. The van der Waals surface area contributed by atoms with Gasteiger partial charge in [-0.25, -0.2) is 8.78 Å². The lowest BCUT2D eigenvalue weighted by molar-refractivity contribution is -0.144. The molecule has 1 rings (SSSR count).